The third-order valence-corrected chi connectivity index (χ3v) is 5.40. The summed E-state index contributed by atoms with van der Waals surface area (Å²) in [6.45, 7) is 5.33. The predicted octanol–water partition coefficient (Wildman–Crippen LogP) is 4.88. The molecule has 7 nitrogen and oxygen atoms in total. The van der Waals surface area contributed by atoms with Crippen molar-refractivity contribution in [2.75, 3.05) is 5.32 Å². The van der Waals surface area contributed by atoms with Crippen molar-refractivity contribution < 1.29 is 18.0 Å². The number of carbonyl (C=O) groups excluding carboxylic acids is 1. The molecule has 4 rings (SSSR count). The summed E-state index contributed by atoms with van der Waals surface area (Å²) in [5.74, 6) is -0.990. The van der Waals surface area contributed by atoms with E-state index in [0.29, 0.717) is 28.3 Å². The maximum Gasteiger partial charge on any atom is 0.280 e. The van der Waals surface area contributed by atoms with Gasteiger partial charge in [0.25, 0.3) is 12.3 Å². The number of nitrogens with one attached hydrogen (secondary N) is 1. The highest BCUT2D eigenvalue weighted by molar-refractivity contribution is 6.31. The summed E-state index contributed by atoms with van der Waals surface area (Å²) in [5, 5.41) is 11.4. The van der Waals surface area contributed by atoms with Gasteiger partial charge in [0.15, 0.2) is 5.65 Å². The second kappa shape index (κ2) is 8.27. The zero-order valence-electron chi connectivity index (χ0n) is 17.3. The molecule has 0 aliphatic carbocycles. The SMILES string of the molecule is Cc1cc(C(F)F)n2ncc(C(=O)Nc3c(C)nn(Cc4ccc(F)cc4Cl)c3C)c2n1. The van der Waals surface area contributed by atoms with Crippen LogP contribution in [-0.2, 0) is 6.54 Å². The van der Waals surface area contributed by atoms with Gasteiger partial charge in [-0.2, -0.15) is 10.2 Å². The van der Waals surface area contributed by atoms with Crippen molar-refractivity contribution in [1.29, 1.82) is 0 Å². The van der Waals surface area contributed by atoms with E-state index < -0.39 is 18.1 Å². The second-order valence-corrected chi connectivity index (χ2v) is 7.72. The van der Waals surface area contributed by atoms with Crippen LogP contribution in [0.25, 0.3) is 5.65 Å². The Labute approximate surface area is 185 Å². The van der Waals surface area contributed by atoms with Gasteiger partial charge < -0.3 is 5.32 Å². The fraction of sp³-hybridized carbons (Fsp3) is 0.238. The molecule has 166 valence electrons. The number of anilines is 1. The average molecular weight is 463 g/mol. The highest BCUT2D eigenvalue weighted by Gasteiger charge is 2.22. The van der Waals surface area contributed by atoms with Gasteiger partial charge in [-0.15, -0.1) is 0 Å². The predicted molar refractivity (Wildman–Crippen MR) is 113 cm³/mol. The van der Waals surface area contributed by atoms with E-state index in [-0.39, 0.29) is 28.5 Å². The van der Waals surface area contributed by atoms with Gasteiger partial charge in [-0.05, 0) is 44.5 Å². The number of hydrogen-bond acceptors (Lipinski definition) is 4. The van der Waals surface area contributed by atoms with Gasteiger partial charge in [-0.3, -0.25) is 9.48 Å². The number of rotatable bonds is 5. The summed E-state index contributed by atoms with van der Waals surface area (Å²) >= 11 is 6.11. The van der Waals surface area contributed by atoms with Gasteiger partial charge in [0.2, 0.25) is 0 Å². The molecule has 11 heteroatoms. The summed E-state index contributed by atoms with van der Waals surface area (Å²) in [6.07, 6.45) is -1.56. The Balaban J connectivity index is 1.65. The quantitative estimate of drug-likeness (QED) is 0.458. The zero-order valence-corrected chi connectivity index (χ0v) is 18.1. The van der Waals surface area contributed by atoms with Crippen LogP contribution in [0.5, 0.6) is 0 Å². The van der Waals surface area contributed by atoms with Gasteiger partial charge >= 0.3 is 0 Å². The number of alkyl halides is 2. The number of halogens is 4. The number of benzene rings is 1. The minimum atomic E-state index is -2.77. The van der Waals surface area contributed by atoms with Crippen LogP contribution >= 0.6 is 11.6 Å². The highest BCUT2D eigenvalue weighted by Crippen LogP contribution is 2.26. The molecule has 32 heavy (non-hydrogen) atoms. The summed E-state index contributed by atoms with van der Waals surface area (Å²) in [7, 11) is 0. The van der Waals surface area contributed by atoms with Crippen LogP contribution in [0.2, 0.25) is 5.02 Å². The molecule has 0 saturated carbocycles. The first-order chi connectivity index (χ1) is 15.2. The molecule has 1 amide bonds. The van der Waals surface area contributed by atoms with E-state index in [2.05, 4.69) is 20.5 Å². The first-order valence-electron chi connectivity index (χ1n) is 9.58. The lowest BCUT2D eigenvalue weighted by molar-refractivity contribution is 0.102. The first-order valence-corrected chi connectivity index (χ1v) is 9.96. The minimum Gasteiger partial charge on any atom is -0.319 e. The molecule has 0 radical (unpaired) electrons. The van der Waals surface area contributed by atoms with Gasteiger partial charge in [-0.25, -0.2) is 22.7 Å². The normalized spacial score (nSPS) is 11.5. The third-order valence-electron chi connectivity index (χ3n) is 5.05. The lowest BCUT2D eigenvalue weighted by atomic mass is 10.2. The average Bonchev–Trinajstić information content (AvgIpc) is 3.25. The molecule has 1 aromatic carbocycles. The van der Waals surface area contributed by atoms with E-state index in [4.69, 9.17) is 11.6 Å². The van der Waals surface area contributed by atoms with E-state index in [1.807, 2.05) is 0 Å². The molecule has 1 N–H and O–H groups in total. The van der Waals surface area contributed by atoms with Crippen LogP contribution in [0.3, 0.4) is 0 Å². The van der Waals surface area contributed by atoms with Crippen LogP contribution < -0.4 is 5.32 Å². The van der Waals surface area contributed by atoms with Crippen molar-refractivity contribution in [1.82, 2.24) is 24.4 Å². The van der Waals surface area contributed by atoms with E-state index in [0.717, 1.165) is 4.52 Å². The molecular formula is C21H18ClF3N6O. The maximum atomic E-state index is 13.3. The van der Waals surface area contributed by atoms with Crippen LogP contribution in [0.1, 0.15) is 45.1 Å². The number of fused-ring (bicyclic) bond motifs is 1. The molecule has 3 aromatic heterocycles. The Morgan fingerprint density at radius 1 is 1.22 bits per heavy atom. The van der Waals surface area contributed by atoms with Crippen LogP contribution in [0.15, 0.2) is 30.5 Å². The molecule has 0 fully saturated rings. The van der Waals surface area contributed by atoms with Crippen molar-refractivity contribution >= 4 is 28.8 Å². The molecular weight excluding hydrogens is 445 g/mol. The Kier molecular flexibility index (Phi) is 5.64. The molecule has 0 atom stereocenters. The second-order valence-electron chi connectivity index (χ2n) is 7.31. The molecule has 0 spiro atoms. The monoisotopic (exact) mass is 462 g/mol. The van der Waals surface area contributed by atoms with Crippen molar-refractivity contribution in [3.63, 3.8) is 0 Å². The van der Waals surface area contributed by atoms with Crippen LogP contribution in [0, 0.1) is 26.6 Å². The van der Waals surface area contributed by atoms with Gasteiger partial charge in [-0.1, -0.05) is 17.7 Å². The molecule has 0 aliphatic heterocycles. The molecule has 0 saturated heterocycles. The lowest BCUT2D eigenvalue weighted by Gasteiger charge is -2.09. The molecule has 4 aromatic rings. The molecule has 0 aliphatic rings. The Morgan fingerprint density at radius 3 is 2.66 bits per heavy atom. The Bertz CT molecular complexity index is 1350. The van der Waals surface area contributed by atoms with Gasteiger partial charge in [0.1, 0.15) is 17.1 Å². The number of nitrogens with zero attached hydrogens (tertiary/aromatic N) is 5. The largest absolute Gasteiger partial charge is 0.319 e. The van der Waals surface area contributed by atoms with E-state index >= 15 is 0 Å². The van der Waals surface area contributed by atoms with Crippen molar-refractivity contribution in [3.05, 3.63) is 75.2 Å². The molecule has 0 bridgehead atoms. The Hall–Kier alpha value is -3.40. The molecule has 3 heterocycles. The standard InChI is InChI=1S/C21H18ClF3N6O/c1-10-6-17(19(24)25)31-20(27-10)15(8-26-31)21(32)28-18-11(2)29-30(12(18)3)9-13-4-5-14(23)7-16(13)22/h4-8,19H,9H2,1-3H3,(H,28,32). The Morgan fingerprint density at radius 2 is 1.97 bits per heavy atom. The van der Waals surface area contributed by atoms with E-state index in [1.165, 1.54) is 24.4 Å². The maximum absolute atomic E-state index is 13.3. The van der Waals surface area contributed by atoms with Crippen molar-refractivity contribution in [2.45, 2.75) is 33.7 Å². The minimum absolute atomic E-state index is 0.0404. The summed E-state index contributed by atoms with van der Waals surface area (Å²) < 4.78 is 42.6. The van der Waals surface area contributed by atoms with Gasteiger partial charge in [0, 0.05) is 10.7 Å². The fourth-order valence-electron chi connectivity index (χ4n) is 3.45. The van der Waals surface area contributed by atoms with E-state index in [9.17, 15) is 18.0 Å². The lowest BCUT2D eigenvalue weighted by Crippen LogP contribution is -2.14. The number of carbonyl (C=O) groups is 1. The third kappa shape index (κ3) is 3.93. The summed E-state index contributed by atoms with van der Waals surface area (Å²) in [6, 6.07) is 5.33. The molecule has 0 unspecified atom stereocenters. The van der Waals surface area contributed by atoms with Crippen molar-refractivity contribution in [3.8, 4) is 0 Å². The number of aryl methyl sites for hydroxylation is 2. The first kappa shape index (κ1) is 21.8. The smallest absolute Gasteiger partial charge is 0.280 e. The highest BCUT2D eigenvalue weighted by atomic mass is 35.5. The number of hydrogen-bond donors (Lipinski definition) is 1. The zero-order chi connectivity index (χ0) is 23.2. The summed E-state index contributed by atoms with van der Waals surface area (Å²) in [5.41, 5.74) is 2.42. The number of amides is 1. The van der Waals surface area contributed by atoms with Crippen LogP contribution in [-0.4, -0.2) is 30.3 Å². The topological polar surface area (TPSA) is 77.1 Å². The van der Waals surface area contributed by atoms with Gasteiger partial charge in [0.05, 0.1) is 29.8 Å². The van der Waals surface area contributed by atoms with Crippen LogP contribution in [0.4, 0.5) is 18.9 Å². The fourth-order valence-corrected chi connectivity index (χ4v) is 3.68. The number of aromatic nitrogens is 5. The van der Waals surface area contributed by atoms with E-state index in [1.54, 1.807) is 31.5 Å². The van der Waals surface area contributed by atoms with Crippen molar-refractivity contribution in [2.24, 2.45) is 0 Å². The summed E-state index contributed by atoms with van der Waals surface area (Å²) in [4.78, 5) is 17.2.